The van der Waals surface area contributed by atoms with Gasteiger partial charge in [-0.25, -0.2) is 0 Å². The molecule has 0 spiro atoms. The molecule has 2 aromatic rings. The van der Waals surface area contributed by atoms with E-state index in [2.05, 4.69) is 4.99 Å². The lowest BCUT2D eigenvalue weighted by molar-refractivity contribution is 0.305. The van der Waals surface area contributed by atoms with Crippen LogP contribution in [0.5, 0.6) is 11.5 Å². The Labute approximate surface area is 131 Å². The topological polar surface area (TPSA) is 30.8 Å². The Kier molecular flexibility index (Phi) is 5.78. The van der Waals surface area contributed by atoms with E-state index in [1.165, 1.54) is 0 Å². The smallest absolute Gasteiger partial charge is 0.129 e. The number of aliphatic imine (C=N–C) groups is 1. The first-order valence-electron chi connectivity index (χ1n) is 7.23. The summed E-state index contributed by atoms with van der Waals surface area (Å²) in [7, 11) is 3.43. The third-order valence-corrected chi connectivity index (χ3v) is 3.27. The number of rotatable bonds is 6. The number of hydrogen-bond donors (Lipinski definition) is 0. The molecular weight excluding hydrogens is 274 g/mol. The van der Waals surface area contributed by atoms with Crippen molar-refractivity contribution in [3.8, 4) is 11.5 Å². The van der Waals surface area contributed by atoms with Gasteiger partial charge in [0.15, 0.2) is 0 Å². The van der Waals surface area contributed by atoms with Crippen LogP contribution in [-0.4, -0.2) is 19.9 Å². The molecule has 114 valence electrons. The number of hydrogen-bond acceptors (Lipinski definition) is 3. The molecular formula is C19H21NO2. The van der Waals surface area contributed by atoms with Crippen LogP contribution in [0, 0.1) is 0 Å². The fourth-order valence-corrected chi connectivity index (χ4v) is 2.14. The SMILES string of the molecule is C/C=C\C(=NC)c1cc(OC)ccc1OCc1ccccc1. The number of ether oxygens (including phenoxy) is 2. The van der Waals surface area contributed by atoms with Gasteiger partial charge >= 0.3 is 0 Å². The average molecular weight is 295 g/mol. The van der Waals surface area contributed by atoms with Gasteiger partial charge in [-0.05, 0) is 36.8 Å². The molecule has 0 saturated heterocycles. The van der Waals surface area contributed by atoms with E-state index in [1.807, 2.05) is 67.6 Å². The molecule has 3 heteroatoms. The zero-order chi connectivity index (χ0) is 15.8. The minimum absolute atomic E-state index is 0.521. The maximum Gasteiger partial charge on any atom is 0.129 e. The Morgan fingerprint density at radius 2 is 1.91 bits per heavy atom. The quantitative estimate of drug-likeness (QED) is 0.745. The molecule has 0 atom stereocenters. The third-order valence-electron chi connectivity index (χ3n) is 3.27. The summed E-state index contributed by atoms with van der Waals surface area (Å²) < 4.78 is 11.3. The van der Waals surface area contributed by atoms with Gasteiger partial charge in [0, 0.05) is 12.6 Å². The van der Waals surface area contributed by atoms with Gasteiger partial charge in [0.2, 0.25) is 0 Å². The van der Waals surface area contributed by atoms with Crippen LogP contribution in [0.2, 0.25) is 0 Å². The van der Waals surface area contributed by atoms with Crippen molar-refractivity contribution in [2.75, 3.05) is 14.2 Å². The van der Waals surface area contributed by atoms with Gasteiger partial charge < -0.3 is 9.47 Å². The summed E-state index contributed by atoms with van der Waals surface area (Å²) in [5.41, 5.74) is 2.92. The predicted molar refractivity (Wildman–Crippen MR) is 91.0 cm³/mol. The van der Waals surface area contributed by atoms with Gasteiger partial charge in [-0.15, -0.1) is 0 Å². The first kappa shape index (κ1) is 15.8. The molecule has 0 saturated carbocycles. The largest absolute Gasteiger partial charge is 0.497 e. The summed E-state index contributed by atoms with van der Waals surface area (Å²) in [6, 6.07) is 15.9. The fraction of sp³-hybridized carbons (Fsp3) is 0.211. The Morgan fingerprint density at radius 1 is 1.14 bits per heavy atom. The molecule has 0 N–H and O–H groups in total. The summed E-state index contributed by atoms with van der Waals surface area (Å²) >= 11 is 0. The van der Waals surface area contributed by atoms with Crippen LogP contribution in [0.25, 0.3) is 0 Å². The average Bonchev–Trinajstić information content (AvgIpc) is 2.58. The summed E-state index contributed by atoms with van der Waals surface area (Å²) in [5, 5.41) is 0. The van der Waals surface area contributed by atoms with E-state index in [0.717, 1.165) is 28.3 Å². The van der Waals surface area contributed by atoms with Crippen LogP contribution in [0.15, 0.2) is 65.7 Å². The molecule has 0 aromatic heterocycles. The lowest BCUT2D eigenvalue weighted by Gasteiger charge is -2.13. The van der Waals surface area contributed by atoms with Crippen molar-refractivity contribution in [3.63, 3.8) is 0 Å². The zero-order valence-electron chi connectivity index (χ0n) is 13.2. The maximum absolute atomic E-state index is 5.98. The lowest BCUT2D eigenvalue weighted by atomic mass is 10.1. The molecule has 0 unspecified atom stereocenters. The van der Waals surface area contributed by atoms with E-state index in [1.54, 1.807) is 14.2 Å². The molecule has 0 heterocycles. The first-order chi connectivity index (χ1) is 10.8. The van der Waals surface area contributed by atoms with E-state index >= 15 is 0 Å². The molecule has 0 aliphatic carbocycles. The van der Waals surface area contributed by atoms with Crippen LogP contribution >= 0.6 is 0 Å². The van der Waals surface area contributed by atoms with Crippen molar-refractivity contribution in [1.82, 2.24) is 0 Å². The highest BCUT2D eigenvalue weighted by Crippen LogP contribution is 2.26. The van der Waals surface area contributed by atoms with Crippen LogP contribution < -0.4 is 9.47 Å². The van der Waals surface area contributed by atoms with Gasteiger partial charge in [-0.1, -0.05) is 36.4 Å². The number of nitrogens with zero attached hydrogens (tertiary/aromatic N) is 1. The highest BCUT2D eigenvalue weighted by molar-refractivity contribution is 6.10. The minimum atomic E-state index is 0.521. The zero-order valence-corrected chi connectivity index (χ0v) is 13.2. The second kappa shape index (κ2) is 8.03. The molecule has 0 amide bonds. The molecule has 0 bridgehead atoms. The first-order valence-corrected chi connectivity index (χ1v) is 7.23. The highest BCUT2D eigenvalue weighted by Gasteiger charge is 2.10. The Balaban J connectivity index is 2.29. The Morgan fingerprint density at radius 3 is 2.55 bits per heavy atom. The van der Waals surface area contributed by atoms with Crippen LogP contribution in [0.1, 0.15) is 18.1 Å². The molecule has 0 aliphatic rings. The third kappa shape index (κ3) is 3.98. The van der Waals surface area contributed by atoms with Gasteiger partial charge in [0.25, 0.3) is 0 Å². The van der Waals surface area contributed by atoms with Crippen molar-refractivity contribution in [1.29, 1.82) is 0 Å². The lowest BCUT2D eigenvalue weighted by Crippen LogP contribution is -2.04. The highest BCUT2D eigenvalue weighted by atomic mass is 16.5. The van der Waals surface area contributed by atoms with E-state index in [0.29, 0.717) is 6.61 Å². The minimum Gasteiger partial charge on any atom is -0.497 e. The molecule has 2 rings (SSSR count). The second-order valence-corrected chi connectivity index (χ2v) is 4.75. The number of allylic oxidation sites excluding steroid dienone is 2. The van der Waals surface area contributed by atoms with Crippen molar-refractivity contribution in [2.24, 2.45) is 4.99 Å². The van der Waals surface area contributed by atoms with Crippen molar-refractivity contribution in [2.45, 2.75) is 13.5 Å². The summed E-state index contributed by atoms with van der Waals surface area (Å²) in [6.07, 6.45) is 3.92. The van der Waals surface area contributed by atoms with E-state index in [4.69, 9.17) is 9.47 Å². The summed E-state index contributed by atoms with van der Waals surface area (Å²) in [4.78, 5) is 4.33. The van der Waals surface area contributed by atoms with E-state index in [-0.39, 0.29) is 0 Å². The van der Waals surface area contributed by atoms with Gasteiger partial charge in [0.05, 0.1) is 12.8 Å². The fourth-order valence-electron chi connectivity index (χ4n) is 2.14. The molecule has 22 heavy (non-hydrogen) atoms. The van der Waals surface area contributed by atoms with Crippen LogP contribution in [-0.2, 0) is 6.61 Å². The number of methoxy groups -OCH3 is 1. The summed E-state index contributed by atoms with van der Waals surface area (Å²) in [5.74, 6) is 1.58. The van der Waals surface area contributed by atoms with Gasteiger partial charge in [-0.2, -0.15) is 0 Å². The van der Waals surface area contributed by atoms with E-state index in [9.17, 15) is 0 Å². The standard InChI is InChI=1S/C19H21NO2/c1-4-8-18(20-2)17-13-16(21-3)11-12-19(17)22-14-15-9-6-5-7-10-15/h4-13H,14H2,1-3H3/b8-4-,20-18?. The van der Waals surface area contributed by atoms with Gasteiger partial charge in [-0.3, -0.25) is 4.99 Å². The maximum atomic E-state index is 5.98. The molecule has 2 aromatic carbocycles. The Bertz CT molecular complexity index is 660. The molecule has 0 fully saturated rings. The van der Waals surface area contributed by atoms with Crippen molar-refractivity contribution < 1.29 is 9.47 Å². The molecule has 3 nitrogen and oxygen atoms in total. The summed E-state index contributed by atoms with van der Waals surface area (Å²) in [6.45, 7) is 2.49. The van der Waals surface area contributed by atoms with Gasteiger partial charge in [0.1, 0.15) is 18.1 Å². The van der Waals surface area contributed by atoms with Crippen molar-refractivity contribution >= 4 is 5.71 Å². The monoisotopic (exact) mass is 295 g/mol. The van der Waals surface area contributed by atoms with E-state index < -0.39 is 0 Å². The second-order valence-electron chi connectivity index (χ2n) is 4.75. The predicted octanol–water partition coefficient (Wildman–Crippen LogP) is 4.27. The molecule has 0 aliphatic heterocycles. The van der Waals surface area contributed by atoms with Crippen molar-refractivity contribution in [3.05, 3.63) is 71.8 Å². The Hall–Kier alpha value is -2.55. The van der Waals surface area contributed by atoms with Crippen LogP contribution in [0.3, 0.4) is 0 Å². The van der Waals surface area contributed by atoms with Crippen LogP contribution in [0.4, 0.5) is 0 Å². The number of benzene rings is 2. The molecule has 0 radical (unpaired) electrons. The normalized spacial score (nSPS) is 11.7.